The van der Waals surface area contributed by atoms with Gasteiger partial charge < -0.3 is 15.4 Å². The predicted molar refractivity (Wildman–Crippen MR) is 51.0 cm³/mol. The highest BCUT2D eigenvalue weighted by Crippen LogP contribution is 1.81. The van der Waals surface area contributed by atoms with E-state index in [2.05, 4.69) is 36.0 Å². The van der Waals surface area contributed by atoms with Gasteiger partial charge in [-0.15, -0.1) is 10.2 Å². The van der Waals surface area contributed by atoms with Crippen LogP contribution in [0.15, 0.2) is 0 Å². The second-order valence-corrected chi connectivity index (χ2v) is 2.67. The number of amides is 2. The summed E-state index contributed by atoms with van der Waals surface area (Å²) in [6.45, 7) is 1.93. The SMILES string of the molecule is CCOC(=O)CNC(=O)NCc1nn[nH]n1. The number of ether oxygens (including phenoxy) is 1. The Morgan fingerprint density at radius 3 is 2.88 bits per heavy atom. The molecule has 2 amide bonds. The van der Waals surface area contributed by atoms with Crippen molar-refractivity contribution in [3.05, 3.63) is 5.82 Å². The molecule has 9 nitrogen and oxygen atoms in total. The highest BCUT2D eigenvalue weighted by Gasteiger charge is 2.06. The fraction of sp³-hybridized carbons (Fsp3) is 0.571. The van der Waals surface area contributed by atoms with Gasteiger partial charge in [0.25, 0.3) is 0 Å². The van der Waals surface area contributed by atoms with Gasteiger partial charge in [-0.1, -0.05) is 5.21 Å². The third kappa shape index (κ3) is 4.35. The minimum absolute atomic E-state index is 0.130. The minimum Gasteiger partial charge on any atom is -0.465 e. The molecule has 9 heteroatoms. The largest absolute Gasteiger partial charge is 0.465 e. The Morgan fingerprint density at radius 1 is 1.44 bits per heavy atom. The Kier molecular flexibility index (Phi) is 4.70. The van der Waals surface area contributed by atoms with Crippen LogP contribution in [-0.2, 0) is 16.1 Å². The molecule has 0 bridgehead atoms. The van der Waals surface area contributed by atoms with Crippen molar-refractivity contribution in [1.29, 1.82) is 0 Å². The molecular weight excluding hydrogens is 216 g/mol. The molecule has 0 spiro atoms. The summed E-state index contributed by atoms with van der Waals surface area (Å²) in [7, 11) is 0. The van der Waals surface area contributed by atoms with E-state index in [1.165, 1.54) is 0 Å². The van der Waals surface area contributed by atoms with Gasteiger partial charge in [-0.25, -0.2) is 4.79 Å². The molecule has 0 aromatic carbocycles. The molecule has 0 aliphatic heterocycles. The number of nitrogens with zero attached hydrogens (tertiary/aromatic N) is 3. The van der Waals surface area contributed by atoms with Gasteiger partial charge in [0.15, 0.2) is 5.82 Å². The van der Waals surface area contributed by atoms with Crippen LogP contribution in [0.3, 0.4) is 0 Å². The van der Waals surface area contributed by atoms with Crippen molar-refractivity contribution in [3.63, 3.8) is 0 Å². The van der Waals surface area contributed by atoms with E-state index in [1.807, 2.05) is 0 Å². The normalized spacial score (nSPS) is 9.56. The molecule has 1 heterocycles. The molecule has 0 fully saturated rings. The van der Waals surface area contributed by atoms with Crippen molar-refractivity contribution in [3.8, 4) is 0 Å². The van der Waals surface area contributed by atoms with Gasteiger partial charge in [-0.3, -0.25) is 4.79 Å². The van der Waals surface area contributed by atoms with E-state index in [9.17, 15) is 9.59 Å². The standard InChI is InChI=1S/C7H12N6O3/c1-2-16-6(14)4-9-7(15)8-3-5-10-12-13-11-5/h2-4H2,1H3,(H2,8,9,15)(H,10,11,12,13). The minimum atomic E-state index is -0.502. The highest BCUT2D eigenvalue weighted by atomic mass is 16.5. The van der Waals surface area contributed by atoms with E-state index in [-0.39, 0.29) is 19.7 Å². The van der Waals surface area contributed by atoms with Crippen molar-refractivity contribution in [2.45, 2.75) is 13.5 Å². The van der Waals surface area contributed by atoms with Crippen molar-refractivity contribution < 1.29 is 14.3 Å². The molecule has 88 valence electrons. The van der Waals surface area contributed by atoms with E-state index < -0.39 is 12.0 Å². The molecular formula is C7H12N6O3. The van der Waals surface area contributed by atoms with Crippen molar-refractivity contribution in [2.24, 2.45) is 0 Å². The van der Waals surface area contributed by atoms with Crippen LogP contribution in [0.5, 0.6) is 0 Å². The van der Waals surface area contributed by atoms with E-state index in [4.69, 9.17) is 0 Å². The summed E-state index contributed by atoms with van der Waals surface area (Å²) in [6.07, 6.45) is 0. The summed E-state index contributed by atoms with van der Waals surface area (Å²) in [6, 6.07) is -0.502. The maximum absolute atomic E-state index is 11.1. The van der Waals surface area contributed by atoms with Gasteiger partial charge >= 0.3 is 12.0 Å². The second-order valence-electron chi connectivity index (χ2n) is 2.67. The number of urea groups is 1. The number of carbonyl (C=O) groups is 2. The fourth-order valence-corrected chi connectivity index (χ4v) is 0.844. The molecule has 16 heavy (non-hydrogen) atoms. The van der Waals surface area contributed by atoms with E-state index in [0.29, 0.717) is 5.82 Å². The topological polar surface area (TPSA) is 122 Å². The smallest absolute Gasteiger partial charge is 0.325 e. The fourth-order valence-electron chi connectivity index (χ4n) is 0.844. The lowest BCUT2D eigenvalue weighted by Gasteiger charge is -2.05. The first-order valence-corrected chi connectivity index (χ1v) is 4.62. The summed E-state index contributed by atoms with van der Waals surface area (Å²) in [5.74, 6) is -0.136. The monoisotopic (exact) mass is 228 g/mol. The number of H-pyrrole nitrogens is 1. The van der Waals surface area contributed by atoms with Crippen molar-refractivity contribution in [1.82, 2.24) is 31.3 Å². The Labute approximate surface area is 90.9 Å². The zero-order chi connectivity index (χ0) is 11.8. The number of esters is 1. The molecule has 0 saturated heterocycles. The van der Waals surface area contributed by atoms with Crippen LogP contribution < -0.4 is 10.6 Å². The Balaban J connectivity index is 2.14. The predicted octanol–water partition coefficient (Wildman–Crippen LogP) is -1.44. The molecule has 1 aromatic heterocycles. The first-order chi connectivity index (χ1) is 7.72. The lowest BCUT2D eigenvalue weighted by molar-refractivity contribution is -0.141. The Bertz CT molecular complexity index is 338. The van der Waals surface area contributed by atoms with Crippen LogP contribution in [0.1, 0.15) is 12.7 Å². The molecule has 0 radical (unpaired) electrons. The molecule has 1 aromatic rings. The lowest BCUT2D eigenvalue weighted by atomic mass is 10.6. The van der Waals surface area contributed by atoms with Crippen LogP contribution in [-0.4, -0.2) is 45.8 Å². The zero-order valence-corrected chi connectivity index (χ0v) is 8.69. The van der Waals surface area contributed by atoms with E-state index in [1.54, 1.807) is 6.92 Å². The molecule has 0 saturated carbocycles. The number of aromatic amines is 1. The Hall–Kier alpha value is -2.19. The highest BCUT2D eigenvalue weighted by molar-refractivity contribution is 5.80. The van der Waals surface area contributed by atoms with Gasteiger partial charge in [-0.05, 0) is 6.92 Å². The average Bonchev–Trinajstić information content (AvgIpc) is 2.77. The average molecular weight is 228 g/mol. The third-order valence-corrected chi connectivity index (χ3v) is 1.49. The van der Waals surface area contributed by atoms with Crippen molar-refractivity contribution >= 4 is 12.0 Å². The number of rotatable bonds is 5. The van der Waals surface area contributed by atoms with Crippen LogP contribution in [0.2, 0.25) is 0 Å². The van der Waals surface area contributed by atoms with Gasteiger partial charge in [0.2, 0.25) is 0 Å². The van der Waals surface area contributed by atoms with Crippen LogP contribution in [0.4, 0.5) is 4.79 Å². The van der Waals surface area contributed by atoms with Gasteiger partial charge in [-0.2, -0.15) is 5.21 Å². The molecule has 3 N–H and O–H groups in total. The molecule has 0 aliphatic rings. The molecule has 0 aliphatic carbocycles. The lowest BCUT2D eigenvalue weighted by Crippen LogP contribution is -2.38. The summed E-state index contributed by atoms with van der Waals surface area (Å²) in [5, 5.41) is 17.6. The Morgan fingerprint density at radius 2 is 2.25 bits per heavy atom. The van der Waals surface area contributed by atoms with Gasteiger partial charge in [0, 0.05) is 0 Å². The summed E-state index contributed by atoms with van der Waals surface area (Å²) < 4.78 is 4.62. The van der Waals surface area contributed by atoms with Crippen LogP contribution in [0, 0.1) is 0 Å². The van der Waals surface area contributed by atoms with Crippen LogP contribution >= 0.6 is 0 Å². The summed E-state index contributed by atoms with van der Waals surface area (Å²) in [4.78, 5) is 22.0. The maximum atomic E-state index is 11.1. The van der Waals surface area contributed by atoms with Gasteiger partial charge in [0.05, 0.1) is 13.2 Å². The summed E-state index contributed by atoms with van der Waals surface area (Å²) >= 11 is 0. The van der Waals surface area contributed by atoms with E-state index >= 15 is 0 Å². The van der Waals surface area contributed by atoms with Gasteiger partial charge in [0.1, 0.15) is 6.54 Å². The first-order valence-electron chi connectivity index (χ1n) is 4.62. The number of tetrazole rings is 1. The number of hydrogen-bond donors (Lipinski definition) is 3. The van der Waals surface area contributed by atoms with Crippen LogP contribution in [0.25, 0.3) is 0 Å². The van der Waals surface area contributed by atoms with Crippen molar-refractivity contribution in [2.75, 3.05) is 13.2 Å². The van der Waals surface area contributed by atoms with E-state index in [0.717, 1.165) is 0 Å². The number of aromatic nitrogens is 4. The number of carbonyl (C=O) groups excluding carboxylic acids is 2. The maximum Gasteiger partial charge on any atom is 0.325 e. The quantitative estimate of drug-likeness (QED) is 0.530. The summed E-state index contributed by atoms with van der Waals surface area (Å²) in [5.41, 5.74) is 0. The third-order valence-electron chi connectivity index (χ3n) is 1.49. The zero-order valence-electron chi connectivity index (χ0n) is 8.69. The first kappa shape index (κ1) is 11.9. The molecule has 0 unspecified atom stereocenters. The number of nitrogens with one attached hydrogen (secondary N) is 3. The molecule has 1 rings (SSSR count). The number of hydrogen-bond acceptors (Lipinski definition) is 6. The molecule has 0 atom stereocenters. The second kappa shape index (κ2) is 6.32.